The fraction of sp³-hybridized carbons (Fsp3) is 0.350. The Morgan fingerprint density at radius 1 is 1.27 bits per heavy atom. The third-order valence-electron chi connectivity index (χ3n) is 4.76. The Morgan fingerprint density at radius 3 is 2.96 bits per heavy atom. The van der Waals surface area contributed by atoms with Gasteiger partial charge in [0.1, 0.15) is 17.1 Å². The quantitative estimate of drug-likeness (QED) is 0.760. The zero-order valence-electron chi connectivity index (χ0n) is 15.0. The van der Waals surface area contributed by atoms with Crippen LogP contribution in [0.5, 0.6) is 5.75 Å². The van der Waals surface area contributed by atoms with Crippen molar-refractivity contribution >= 4 is 16.7 Å². The van der Waals surface area contributed by atoms with Crippen molar-refractivity contribution in [1.82, 2.24) is 15.2 Å². The SMILES string of the molecule is CCc1ccncc1-c1cc(OC)c2nnc(NC3CCOC3)cc2c1. The smallest absolute Gasteiger partial charge is 0.149 e. The molecular formula is C20H22N4O2. The summed E-state index contributed by atoms with van der Waals surface area (Å²) in [6.45, 7) is 3.64. The lowest BCUT2D eigenvalue weighted by atomic mass is 9.98. The van der Waals surface area contributed by atoms with E-state index in [0.717, 1.165) is 47.3 Å². The minimum absolute atomic E-state index is 0.289. The number of nitrogens with one attached hydrogen (secondary N) is 1. The van der Waals surface area contributed by atoms with Crippen LogP contribution in [0.2, 0.25) is 0 Å². The Kier molecular flexibility index (Phi) is 4.67. The molecule has 1 aliphatic heterocycles. The fourth-order valence-electron chi connectivity index (χ4n) is 3.36. The number of pyridine rings is 1. The van der Waals surface area contributed by atoms with E-state index in [0.29, 0.717) is 12.4 Å². The third-order valence-corrected chi connectivity index (χ3v) is 4.76. The van der Waals surface area contributed by atoms with Crippen molar-refractivity contribution in [2.24, 2.45) is 0 Å². The molecule has 0 aliphatic carbocycles. The zero-order chi connectivity index (χ0) is 17.9. The van der Waals surface area contributed by atoms with E-state index in [9.17, 15) is 0 Å². The normalized spacial score (nSPS) is 16.8. The van der Waals surface area contributed by atoms with Gasteiger partial charge in [-0.05, 0) is 48.2 Å². The van der Waals surface area contributed by atoms with Crippen molar-refractivity contribution in [3.8, 4) is 16.9 Å². The second-order valence-corrected chi connectivity index (χ2v) is 6.44. The van der Waals surface area contributed by atoms with Gasteiger partial charge < -0.3 is 14.8 Å². The first kappa shape index (κ1) is 16.7. The average molecular weight is 350 g/mol. The summed E-state index contributed by atoms with van der Waals surface area (Å²) < 4.78 is 11.0. The van der Waals surface area contributed by atoms with Crippen LogP contribution in [0.15, 0.2) is 36.7 Å². The summed E-state index contributed by atoms with van der Waals surface area (Å²) in [4.78, 5) is 4.30. The van der Waals surface area contributed by atoms with Gasteiger partial charge in [0.05, 0.1) is 19.8 Å². The van der Waals surface area contributed by atoms with Gasteiger partial charge in [-0.25, -0.2) is 0 Å². The standard InChI is InChI=1S/C20H22N4O2/c1-3-13-4-6-21-11-17(13)14-8-15-10-19(22-16-5-7-26-12-16)23-24-20(15)18(9-14)25-2/h4,6,8-11,16H,3,5,7,12H2,1-2H3,(H,22,23). The maximum Gasteiger partial charge on any atom is 0.149 e. The lowest BCUT2D eigenvalue weighted by Crippen LogP contribution is -2.19. The first-order valence-electron chi connectivity index (χ1n) is 8.91. The lowest BCUT2D eigenvalue weighted by Gasteiger charge is -2.14. The van der Waals surface area contributed by atoms with Crippen LogP contribution in [0.3, 0.4) is 0 Å². The number of ether oxygens (including phenoxy) is 2. The number of anilines is 1. The minimum Gasteiger partial charge on any atom is -0.494 e. The van der Waals surface area contributed by atoms with E-state index < -0.39 is 0 Å². The van der Waals surface area contributed by atoms with Gasteiger partial charge in [-0.15, -0.1) is 10.2 Å². The van der Waals surface area contributed by atoms with E-state index in [1.54, 1.807) is 7.11 Å². The molecule has 0 spiro atoms. The van der Waals surface area contributed by atoms with Crippen molar-refractivity contribution in [1.29, 1.82) is 0 Å². The number of benzene rings is 1. The molecule has 1 fully saturated rings. The third kappa shape index (κ3) is 3.20. The van der Waals surface area contributed by atoms with Crippen LogP contribution in [0, 0.1) is 0 Å². The molecule has 3 heterocycles. The molecule has 26 heavy (non-hydrogen) atoms. The number of hydrogen-bond acceptors (Lipinski definition) is 6. The maximum atomic E-state index is 5.57. The van der Waals surface area contributed by atoms with Crippen molar-refractivity contribution in [3.63, 3.8) is 0 Å². The highest BCUT2D eigenvalue weighted by molar-refractivity contribution is 5.91. The summed E-state index contributed by atoms with van der Waals surface area (Å²) in [5, 5.41) is 13.1. The number of fused-ring (bicyclic) bond motifs is 1. The van der Waals surface area contributed by atoms with Crippen LogP contribution in [0.4, 0.5) is 5.82 Å². The summed E-state index contributed by atoms with van der Waals surface area (Å²) in [7, 11) is 1.66. The van der Waals surface area contributed by atoms with Gasteiger partial charge in [0.15, 0.2) is 0 Å². The van der Waals surface area contributed by atoms with Crippen molar-refractivity contribution in [3.05, 3.63) is 42.2 Å². The lowest BCUT2D eigenvalue weighted by molar-refractivity contribution is 0.195. The van der Waals surface area contributed by atoms with Gasteiger partial charge in [0.25, 0.3) is 0 Å². The Morgan fingerprint density at radius 2 is 2.19 bits per heavy atom. The number of hydrogen-bond donors (Lipinski definition) is 1. The molecule has 1 N–H and O–H groups in total. The molecular weight excluding hydrogens is 328 g/mol. The molecule has 6 heteroatoms. The van der Waals surface area contributed by atoms with Gasteiger partial charge in [0, 0.05) is 30.0 Å². The van der Waals surface area contributed by atoms with Crippen molar-refractivity contribution in [2.75, 3.05) is 25.6 Å². The van der Waals surface area contributed by atoms with Crippen LogP contribution in [-0.2, 0) is 11.2 Å². The van der Waals surface area contributed by atoms with E-state index in [1.807, 2.05) is 24.5 Å². The van der Waals surface area contributed by atoms with Gasteiger partial charge in [0.2, 0.25) is 0 Å². The van der Waals surface area contributed by atoms with E-state index in [2.05, 4.69) is 39.6 Å². The maximum absolute atomic E-state index is 5.57. The second kappa shape index (κ2) is 7.25. The Bertz CT molecular complexity index is 923. The molecule has 6 nitrogen and oxygen atoms in total. The largest absolute Gasteiger partial charge is 0.494 e. The van der Waals surface area contributed by atoms with Crippen molar-refractivity contribution in [2.45, 2.75) is 25.8 Å². The van der Waals surface area contributed by atoms with Gasteiger partial charge >= 0.3 is 0 Å². The summed E-state index contributed by atoms with van der Waals surface area (Å²) in [6, 6.07) is 8.50. The Labute approximate surface area is 152 Å². The highest BCUT2D eigenvalue weighted by Crippen LogP contribution is 2.33. The molecule has 1 aromatic carbocycles. The monoisotopic (exact) mass is 350 g/mol. The molecule has 0 bridgehead atoms. The van der Waals surface area contributed by atoms with Gasteiger partial charge in [-0.2, -0.15) is 0 Å². The molecule has 0 radical (unpaired) electrons. The predicted octanol–water partition coefficient (Wildman–Crippen LogP) is 3.46. The van der Waals surface area contributed by atoms with Crippen LogP contribution in [-0.4, -0.2) is 41.5 Å². The molecule has 1 unspecified atom stereocenters. The Hall–Kier alpha value is -2.73. The molecule has 2 aromatic heterocycles. The van der Waals surface area contributed by atoms with Crippen LogP contribution in [0.25, 0.3) is 22.0 Å². The number of aromatic nitrogens is 3. The van der Waals surface area contributed by atoms with Gasteiger partial charge in [-0.3, -0.25) is 4.98 Å². The Balaban J connectivity index is 1.79. The first-order chi connectivity index (χ1) is 12.8. The first-order valence-corrected chi connectivity index (χ1v) is 8.91. The minimum atomic E-state index is 0.289. The van der Waals surface area contributed by atoms with E-state index >= 15 is 0 Å². The van der Waals surface area contributed by atoms with Crippen LogP contribution < -0.4 is 10.1 Å². The molecule has 3 aromatic rings. The zero-order valence-corrected chi connectivity index (χ0v) is 15.0. The topological polar surface area (TPSA) is 69.2 Å². The number of rotatable bonds is 5. The highest BCUT2D eigenvalue weighted by Gasteiger charge is 2.17. The highest BCUT2D eigenvalue weighted by atomic mass is 16.5. The average Bonchev–Trinajstić information content (AvgIpc) is 3.19. The van der Waals surface area contributed by atoms with Crippen LogP contribution >= 0.6 is 0 Å². The summed E-state index contributed by atoms with van der Waals surface area (Å²) in [5.74, 6) is 1.47. The summed E-state index contributed by atoms with van der Waals surface area (Å²) in [6.07, 6.45) is 5.67. The molecule has 1 atom stereocenters. The van der Waals surface area contributed by atoms with Crippen LogP contribution in [0.1, 0.15) is 18.9 Å². The molecule has 4 rings (SSSR count). The number of aryl methyl sites for hydroxylation is 1. The van der Waals surface area contributed by atoms with Gasteiger partial charge in [-0.1, -0.05) is 6.92 Å². The molecule has 134 valence electrons. The molecule has 1 saturated heterocycles. The fourth-order valence-corrected chi connectivity index (χ4v) is 3.36. The van der Waals surface area contributed by atoms with E-state index in [4.69, 9.17) is 9.47 Å². The molecule has 0 amide bonds. The van der Waals surface area contributed by atoms with Crippen molar-refractivity contribution < 1.29 is 9.47 Å². The number of nitrogens with zero attached hydrogens (tertiary/aromatic N) is 3. The predicted molar refractivity (Wildman–Crippen MR) is 102 cm³/mol. The molecule has 0 saturated carbocycles. The van der Waals surface area contributed by atoms with E-state index in [-0.39, 0.29) is 6.04 Å². The molecule has 1 aliphatic rings. The summed E-state index contributed by atoms with van der Waals surface area (Å²) >= 11 is 0. The van der Waals surface area contributed by atoms with E-state index in [1.165, 1.54) is 5.56 Å². The number of methoxy groups -OCH3 is 1. The second-order valence-electron chi connectivity index (χ2n) is 6.44. The summed E-state index contributed by atoms with van der Waals surface area (Å²) in [5.41, 5.74) is 4.20.